The molecule has 0 fully saturated rings. The maximum atomic E-state index is 3.71. The molecule has 156 valence electrons. The summed E-state index contributed by atoms with van der Waals surface area (Å²) >= 11 is 0. The Morgan fingerprint density at radius 2 is 1.19 bits per heavy atom. The minimum absolute atomic E-state index is 0.672. The molecule has 0 saturated heterocycles. The Morgan fingerprint density at radius 3 is 1.77 bits per heavy atom. The van der Waals surface area contributed by atoms with Gasteiger partial charge in [0.15, 0.2) is 0 Å². The van der Waals surface area contributed by atoms with Gasteiger partial charge < -0.3 is 10.6 Å². The first-order chi connectivity index (χ1) is 12.8. The summed E-state index contributed by atoms with van der Waals surface area (Å²) in [4.78, 5) is 0. The van der Waals surface area contributed by atoms with Gasteiger partial charge >= 0.3 is 0 Å². The molecule has 0 aromatic heterocycles. The molecular formula is C24H50N2. The highest BCUT2D eigenvalue weighted by Crippen LogP contribution is 2.10. The van der Waals surface area contributed by atoms with Gasteiger partial charge in [0, 0.05) is 12.1 Å². The van der Waals surface area contributed by atoms with Crippen LogP contribution in [0, 0.1) is 0 Å². The lowest BCUT2D eigenvalue weighted by molar-refractivity contribution is 0.449. The molecule has 2 unspecified atom stereocenters. The third-order valence-electron chi connectivity index (χ3n) is 5.44. The molecule has 2 atom stereocenters. The fraction of sp³-hybridized carbons (Fsp3) is 0.917. The standard InChI is InChI=1S/C24H50N2/c1-5-19-23(7-3)25-21-17-15-13-11-9-10-12-14-16-18-22-26-24(8-4)20-6-2/h17,21,23-26H,5-16,18-20,22H2,1-4H3. The summed E-state index contributed by atoms with van der Waals surface area (Å²) in [6.45, 7) is 10.3. The molecule has 2 nitrogen and oxygen atoms in total. The molecule has 0 amide bonds. The monoisotopic (exact) mass is 366 g/mol. The van der Waals surface area contributed by atoms with Crippen LogP contribution in [0.25, 0.3) is 0 Å². The first-order valence-electron chi connectivity index (χ1n) is 11.9. The minimum Gasteiger partial charge on any atom is -0.388 e. The summed E-state index contributed by atoms with van der Waals surface area (Å²) < 4.78 is 0. The van der Waals surface area contributed by atoms with Gasteiger partial charge in [0.2, 0.25) is 0 Å². The molecule has 0 aliphatic rings. The predicted molar refractivity (Wildman–Crippen MR) is 120 cm³/mol. The van der Waals surface area contributed by atoms with Crippen LogP contribution in [0.4, 0.5) is 0 Å². The van der Waals surface area contributed by atoms with Crippen LogP contribution < -0.4 is 10.6 Å². The minimum atomic E-state index is 0.672. The lowest BCUT2D eigenvalue weighted by atomic mass is 10.1. The van der Waals surface area contributed by atoms with Gasteiger partial charge in [0.1, 0.15) is 0 Å². The second-order valence-electron chi connectivity index (χ2n) is 7.93. The van der Waals surface area contributed by atoms with E-state index in [2.05, 4.69) is 50.6 Å². The van der Waals surface area contributed by atoms with E-state index in [0.717, 1.165) is 6.04 Å². The number of unbranched alkanes of at least 4 members (excludes halogenated alkanes) is 8. The maximum absolute atomic E-state index is 3.71. The number of rotatable bonds is 20. The molecular weight excluding hydrogens is 316 g/mol. The van der Waals surface area contributed by atoms with Crippen LogP contribution in [-0.4, -0.2) is 18.6 Å². The molecule has 0 aromatic carbocycles. The molecule has 0 bridgehead atoms. The molecule has 2 heteroatoms. The van der Waals surface area contributed by atoms with Crippen LogP contribution in [0.5, 0.6) is 0 Å². The zero-order valence-corrected chi connectivity index (χ0v) is 18.6. The predicted octanol–water partition coefficient (Wildman–Crippen LogP) is 7.35. The summed E-state index contributed by atoms with van der Waals surface area (Å²) in [5.74, 6) is 0. The van der Waals surface area contributed by atoms with Gasteiger partial charge in [0.05, 0.1) is 0 Å². The molecule has 0 spiro atoms. The zero-order valence-electron chi connectivity index (χ0n) is 18.6. The van der Waals surface area contributed by atoms with Crippen LogP contribution in [0.1, 0.15) is 124 Å². The molecule has 0 heterocycles. The third-order valence-corrected chi connectivity index (χ3v) is 5.44. The lowest BCUT2D eigenvalue weighted by Crippen LogP contribution is -2.29. The number of allylic oxidation sites excluding steroid dienone is 1. The molecule has 0 aliphatic carbocycles. The quantitative estimate of drug-likeness (QED) is 0.220. The van der Waals surface area contributed by atoms with Gasteiger partial charge in [0.25, 0.3) is 0 Å². The maximum Gasteiger partial charge on any atom is 0.0252 e. The van der Waals surface area contributed by atoms with Gasteiger partial charge in [-0.05, 0) is 57.7 Å². The van der Waals surface area contributed by atoms with Crippen LogP contribution in [0.3, 0.4) is 0 Å². The molecule has 0 saturated carbocycles. The van der Waals surface area contributed by atoms with Crippen LogP contribution in [0.15, 0.2) is 12.3 Å². The van der Waals surface area contributed by atoms with Crippen molar-refractivity contribution in [3.05, 3.63) is 12.3 Å². The summed E-state index contributed by atoms with van der Waals surface area (Å²) in [6, 6.07) is 1.43. The Morgan fingerprint density at radius 1 is 0.654 bits per heavy atom. The van der Waals surface area contributed by atoms with Crippen molar-refractivity contribution in [1.82, 2.24) is 10.6 Å². The highest BCUT2D eigenvalue weighted by molar-refractivity contribution is 4.82. The van der Waals surface area contributed by atoms with E-state index in [1.54, 1.807) is 0 Å². The lowest BCUT2D eigenvalue weighted by Gasteiger charge is -2.15. The molecule has 26 heavy (non-hydrogen) atoms. The number of hydrogen-bond donors (Lipinski definition) is 2. The second kappa shape index (κ2) is 20.8. The third kappa shape index (κ3) is 16.9. The summed E-state index contributed by atoms with van der Waals surface area (Å²) in [7, 11) is 0. The van der Waals surface area contributed by atoms with Crippen molar-refractivity contribution in [3.8, 4) is 0 Å². The number of nitrogens with one attached hydrogen (secondary N) is 2. The summed E-state index contributed by atoms with van der Waals surface area (Å²) in [5, 5.41) is 7.25. The summed E-state index contributed by atoms with van der Waals surface area (Å²) in [6.07, 6.45) is 24.7. The SMILES string of the molecule is CCCC(CC)NC=CCCCCCCCCCCNC(CC)CCC. The Bertz CT molecular complexity index is 288. The topological polar surface area (TPSA) is 24.1 Å². The Labute approximate surface area is 166 Å². The van der Waals surface area contributed by atoms with Crippen molar-refractivity contribution in [3.63, 3.8) is 0 Å². The first kappa shape index (κ1) is 25.5. The largest absolute Gasteiger partial charge is 0.388 e. The van der Waals surface area contributed by atoms with E-state index in [1.165, 1.54) is 103 Å². The van der Waals surface area contributed by atoms with E-state index in [4.69, 9.17) is 0 Å². The second-order valence-corrected chi connectivity index (χ2v) is 7.93. The van der Waals surface area contributed by atoms with Crippen molar-refractivity contribution in [2.45, 2.75) is 136 Å². The average Bonchev–Trinajstić information content (AvgIpc) is 2.66. The highest BCUT2D eigenvalue weighted by Gasteiger charge is 2.02. The van der Waals surface area contributed by atoms with Crippen molar-refractivity contribution < 1.29 is 0 Å². The van der Waals surface area contributed by atoms with Crippen molar-refractivity contribution >= 4 is 0 Å². The van der Waals surface area contributed by atoms with Crippen molar-refractivity contribution in [2.75, 3.05) is 6.54 Å². The van der Waals surface area contributed by atoms with E-state index < -0.39 is 0 Å². The van der Waals surface area contributed by atoms with Crippen molar-refractivity contribution in [1.29, 1.82) is 0 Å². The average molecular weight is 367 g/mol. The summed E-state index contributed by atoms with van der Waals surface area (Å²) in [5.41, 5.74) is 0. The fourth-order valence-electron chi connectivity index (χ4n) is 3.59. The Balaban J connectivity index is 3.29. The fourth-order valence-corrected chi connectivity index (χ4v) is 3.59. The van der Waals surface area contributed by atoms with E-state index in [-0.39, 0.29) is 0 Å². The normalized spacial score (nSPS) is 14.0. The first-order valence-corrected chi connectivity index (χ1v) is 11.9. The number of hydrogen-bond acceptors (Lipinski definition) is 2. The van der Waals surface area contributed by atoms with Gasteiger partial charge in [-0.15, -0.1) is 0 Å². The molecule has 0 aromatic rings. The van der Waals surface area contributed by atoms with E-state index in [0.29, 0.717) is 6.04 Å². The van der Waals surface area contributed by atoms with Crippen molar-refractivity contribution in [2.24, 2.45) is 0 Å². The van der Waals surface area contributed by atoms with Crippen LogP contribution in [-0.2, 0) is 0 Å². The van der Waals surface area contributed by atoms with E-state index in [1.807, 2.05) is 0 Å². The van der Waals surface area contributed by atoms with E-state index in [9.17, 15) is 0 Å². The van der Waals surface area contributed by atoms with Crippen LogP contribution >= 0.6 is 0 Å². The van der Waals surface area contributed by atoms with Gasteiger partial charge in [-0.1, -0.05) is 85.1 Å². The Kier molecular flexibility index (Phi) is 20.4. The van der Waals surface area contributed by atoms with Gasteiger partial charge in [-0.2, -0.15) is 0 Å². The molecule has 2 N–H and O–H groups in total. The smallest absolute Gasteiger partial charge is 0.0252 e. The van der Waals surface area contributed by atoms with Gasteiger partial charge in [-0.25, -0.2) is 0 Å². The molecule has 0 radical (unpaired) electrons. The Hall–Kier alpha value is -0.500. The molecule has 0 aliphatic heterocycles. The zero-order chi connectivity index (χ0) is 19.3. The van der Waals surface area contributed by atoms with Gasteiger partial charge in [-0.3, -0.25) is 0 Å². The van der Waals surface area contributed by atoms with Crippen LogP contribution in [0.2, 0.25) is 0 Å². The molecule has 0 rings (SSSR count). The van der Waals surface area contributed by atoms with E-state index >= 15 is 0 Å². The highest BCUT2D eigenvalue weighted by atomic mass is 14.9.